The summed E-state index contributed by atoms with van der Waals surface area (Å²) in [5.74, 6) is 2.22. The predicted octanol–water partition coefficient (Wildman–Crippen LogP) is 3.45. The molecule has 1 aliphatic rings. The molecule has 7 nitrogen and oxygen atoms in total. The van der Waals surface area contributed by atoms with Crippen molar-refractivity contribution in [2.75, 3.05) is 45.3 Å². The number of anilines is 1. The Kier molecular flexibility index (Phi) is 6.60. The van der Waals surface area contributed by atoms with Crippen LogP contribution in [0.15, 0.2) is 34.7 Å². The minimum atomic E-state index is -0.336. The number of ether oxygens (including phenoxy) is 2. The topological polar surface area (TPSA) is 76.0 Å². The van der Waals surface area contributed by atoms with Gasteiger partial charge in [0.05, 0.1) is 32.1 Å². The second-order valence-corrected chi connectivity index (χ2v) is 6.73. The predicted molar refractivity (Wildman–Crippen MR) is 104 cm³/mol. The van der Waals surface area contributed by atoms with Crippen LogP contribution < -0.4 is 15.4 Å². The number of hydrogen-bond donors (Lipinski definition) is 2. The Labute approximate surface area is 163 Å². The first-order chi connectivity index (χ1) is 13.1. The van der Waals surface area contributed by atoms with E-state index in [0.29, 0.717) is 36.2 Å². The van der Waals surface area contributed by atoms with Crippen molar-refractivity contribution < 1.29 is 18.7 Å². The van der Waals surface area contributed by atoms with Crippen LogP contribution in [0.3, 0.4) is 0 Å². The van der Waals surface area contributed by atoms with Crippen molar-refractivity contribution in [3.63, 3.8) is 0 Å². The van der Waals surface area contributed by atoms with Crippen molar-refractivity contribution in [2.24, 2.45) is 0 Å². The van der Waals surface area contributed by atoms with Gasteiger partial charge in [0.25, 0.3) is 0 Å². The van der Waals surface area contributed by atoms with E-state index in [-0.39, 0.29) is 12.1 Å². The van der Waals surface area contributed by atoms with Gasteiger partial charge in [-0.15, -0.1) is 0 Å². The van der Waals surface area contributed by atoms with Crippen LogP contribution in [-0.4, -0.2) is 50.9 Å². The summed E-state index contributed by atoms with van der Waals surface area (Å²) in [6, 6.07) is 8.55. The fourth-order valence-electron chi connectivity index (χ4n) is 3.07. The van der Waals surface area contributed by atoms with Crippen molar-refractivity contribution in [3.8, 4) is 5.75 Å². The first-order valence-electron chi connectivity index (χ1n) is 8.83. The molecule has 0 bridgehead atoms. The van der Waals surface area contributed by atoms with Crippen molar-refractivity contribution in [1.82, 2.24) is 10.2 Å². The molecule has 0 spiro atoms. The number of amides is 2. The molecule has 3 rings (SSSR count). The molecule has 2 aromatic rings. The molecule has 146 valence electrons. The normalized spacial score (nSPS) is 16.0. The Bertz CT molecular complexity index is 774. The number of hydrogen-bond acceptors (Lipinski definition) is 5. The Morgan fingerprint density at radius 1 is 1.30 bits per heavy atom. The molecule has 0 radical (unpaired) electrons. The van der Waals surface area contributed by atoms with Gasteiger partial charge in [-0.25, -0.2) is 4.79 Å². The number of rotatable bonds is 6. The molecule has 8 heteroatoms. The third kappa shape index (κ3) is 5.15. The second-order valence-electron chi connectivity index (χ2n) is 6.29. The number of carbonyl (C=O) groups is 1. The zero-order valence-electron chi connectivity index (χ0n) is 15.5. The summed E-state index contributed by atoms with van der Waals surface area (Å²) in [6.45, 7) is 5.23. The lowest BCUT2D eigenvalue weighted by atomic mass is 10.1. The lowest BCUT2D eigenvalue weighted by molar-refractivity contribution is 0.0122. The van der Waals surface area contributed by atoms with Crippen LogP contribution in [0, 0.1) is 6.92 Å². The average Bonchev–Trinajstić information content (AvgIpc) is 3.09. The third-order valence-corrected chi connectivity index (χ3v) is 4.68. The van der Waals surface area contributed by atoms with Crippen LogP contribution in [0.5, 0.6) is 5.75 Å². The highest BCUT2D eigenvalue weighted by molar-refractivity contribution is 6.31. The zero-order chi connectivity index (χ0) is 19.2. The Hall–Kier alpha value is -2.22. The number of urea groups is 1. The summed E-state index contributed by atoms with van der Waals surface area (Å²) in [4.78, 5) is 14.7. The summed E-state index contributed by atoms with van der Waals surface area (Å²) in [6.07, 6.45) is 0. The fraction of sp³-hybridized carbons (Fsp3) is 0.421. The zero-order valence-corrected chi connectivity index (χ0v) is 16.2. The van der Waals surface area contributed by atoms with Crippen LogP contribution in [0.1, 0.15) is 17.6 Å². The first kappa shape index (κ1) is 19.5. The van der Waals surface area contributed by atoms with Gasteiger partial charge in [0, 0.05) is 24.7 Å². The van der Waals surface area contributed by atoms with E-state index in [1.165, 1.54) is 0 Å². The molecule has 2 amide bonds. The molecule has 2 N–H and O–H groups in total. The standard InChI is InChI=1S/C19H24ClN3O4/c1-13-3-5-18(27-13)16(23-7-9-26-10-8-23)12-21-19(24)22-15-11-14(20)4-6-17(15)25-2/h3-6,11,16H,7-10,12H2,1-2H3,(H2,21,22,24). The minimum absolute atomic E-state index is 0.0605. The molecular weight excluding hydrogens is 370 g/mol. The summed E-state index contributed by atoms with van der Waals surface area (Å²) < 4.78 is 16.5. The maximum absolute atomic E-state index is 12.4. The van der Waals surface area contributed by atoms with Crippen LogP contribution in [0.4, 0.5) is 10.5 Å². The van der Waals surface area contributed by atoms with Gasteiger partial charge in [-0.05, 0) is 37.3 Å². The quantitative estimate of drug-likeness (QED) is 0.786. The molecule has 2 heterocycles. The monoisotopic (exact) mass is 393 g/mol. The number of morpholine rings is 1. The van der Waals surface area contributed by atoms with E-state index in [1.54, 1.807) is 25.3 Å². The van der Waals surface area contributed by atoms with Crippen LogP contribution in [-0.2, 0) is 4.74 Å². The van der Waals surface area contributed by atoms with E-state index in [1.807, 2.05) is 19.1 Å². The maximum atomic E-state index is 12.4. The average molecular weight is 394 g/mol. The third-order valence-electron chi connectivity index (χ3n) is 4.44. The molecule has 1 unspecified atom stereocenters. The van der Waals surface area contributed by atoms with Crippen molar-refractivity contribution >= 4 is 23.3 Å². The number of furan rings is 1. The summed E-state index contributed by atoms with van der Waals surface area (Å²) >= 11 is 6.01. The molecule has 1 fully saturated rings. The molecule has 1 atom stereocenters. The molecule has 0 aliphatic carbocycles. The van der Waals surface area contributed by atoms with Gasteiger partial charge in [0.15, 0.2) is 0 Å². The summed E-state index contributed by atoms with van der Waals surface area (Å²) in [7, 11) is 1.54. The fourth-order valence-corrected chi connectivity index (χ4v) is 3.24. The molecule has 27 heavy (non-hydrogen) atoms. The molecule has 0 saturated carbocycles. The Morgan fingerprint density at radius 3 is 2.74 bits per heavy atom. The van der Waals surface area contributed by atoms with Gasteiger partial charge in [-0.1, -0.05) is 11.6 Å². The number of nitrogens with zero attached hydrogens (tertiary/aromatic N) is 1. The molecular formula is C19H24ClN3O4. The number of benzene rings is 1. The van der Waals surface area contributed by atoms with E-state index < -0.39 is 0 Å². The summed E-state index contributed by atoms with van der Waals surface area (Å²) in [5, 5.41) is 6.22. The number of nitrogens with one attached hydrogen (secondary N) is 2. The molecule has 1 aromatic heterocycles. The highest BCUT2D eigenvalue weighted by atomic mass is 35.5. The molecule has 1 saturated heterocycles. The van der Waals surface area contributed by atoms with Gasteiger partial charge >= 0.3 is 6.03 Å². The van der Waals surface area contributed by atoms with Gasteiger partial charge in [-0.3, -0.25) is 4.90 Å². The Morgan fingerprint density at radius 2 is 2.07 bits per heavy atom. The lowest BCUT2D eigenvalue weighted by Crippen LogP contribution is -2.44. The lowest BCUT2D eigenvalue weighted by Gasteiger charge is -2.33. The number of aryl methyl sites for hydroxylation is 1. The molecule has 1 aliphatic heterocycles. The van der Waals surface area contributed by atoms with Gasteiger partial charge < -0.3 is 24.5 Å². The second kappa shape index (κ2) is 9.12. The van der Waals surface area contributed by atoms with Crippen LogP contribution >= 0.6 is 11.6 Å². The van der Waals surface area contributed by atoms with Gasteiger partial charge in [-0.2, -0.15) is 0 Å². The highest BCUT2D eigenvalue weighted by Crippen LogP contribution is 2.28. The first-order valence-corrected chi connectivity index (χ1v) is 9.21. The SMILES string of the molecule is COc1ccc(Cl)cc1NC(=O)NCC(c1ccc(C)o1)N1CCOCC1. The number of methoxy groups -OCH3 is 1. The van der Waals surface area contributed by atoms with E-state index in [2.05, 4.69) is 15.5 Å². The van der Waals surface area contributed by atoms with Gasteiger partial charge in [0.1, 0.15) is 17.3 Å². The Balaban J connectivity index is 1.66. The van der Waals surface area contributed by atoms with Crippen molar-refractivity contribution in [1.29, 1.82) is 0 Å². The minimum Gasteiger partial charge on any atom is -0.495 e. The molecule has 1 aromatic carbocycles. The number of carbonyl (C=O) groups excluding carboxylic acids is 1. The largest absolute Gasteiger partial charge is 0.495 e. The summed E-state index contributed by atoms with van der Waals surface area (Å²) in [5.41, 5.74) is 0.513. The maximum Gasteiger partial charge on any atom is 0.319 e. The van der Waals surface area contributed by atoms with E-state index in [9.17, 15) is 4.79 Å². The van der Waals surface area contributed by atoms with E-state index in [0.717, 1.165) is 24.6 Å². The van der Waals surface area contributed by atoms with Crippen LogP contribution in [0.2, 0.25) is 5.02 Å². The van der Waals surface area contributed by atoms with Crippen molar-refractivity contribution in [3.05, 3.63) is 46.9 Å². The van der Waals surface area contributed by atoms with E-state index in [4.69, 9.17) is 25.5 Å². The van der Waals surface area contributed by atoms with Gasteiger partial charge in [0.2, 0.25) is 0 Å². The smallest absolute Gasteiger partial charge is 0.319 e. The van der Waals surface area contributed by atoms with E-state index >= 15 is 0 Å². The van der Waals surface area contributed by atoms with Crippen LogP contribution in [0.25, 0.3) is 0 Å². The number of halogens is 1. The van der Waals surface area contributed by atoms with Crippen molar-refractivity contribution in [2.45, 2.75) is 13.0 Å². The highest BCUT2D eigenvalue weighted by Gasteiger charge is 2.25.